The van der Waals surface area contributed by atoms with Gasteiger partial charge in [0.2, 0.25) is 0 Å². The molecule has 0 heterocycles. The number of carboxylic acid groups (broad SMARTS) is 1. The highest BCUT2D eigenvalue weighted by atomic mass is 16.4. The monoisotopic (exact) mass is 179 g/mol. The summed E-state index contributed by atoms with van der Waals surface area (Å²) in [6.45, 7) is 1.72. The summed E-state index contributed by atoms with van der Waals surface area (Å²) in [7, 11) is 0. The second-order valence-corrected chi connectivity index (χ2v) is 3.35. The lowest BCUT2D eigenvalue weighted by atomic mass is 9.90. The highest BCUT2D eigenvalue weighted by molar-refractivity contribution is 5.68. The van der Waals surface area contributed by atoms with E-state index < -0.39 is 11.5 Å². The molecule has 1 atom stereocenters. The smallest absolute Gasteiger partial charge is 0.305 e. The topological polar surface area (TPSA) is 63.3 Å². The van der Waals surface area contributed by atoms with Crippen LogP contribution in [0.4, 0.5) is 0 Å². The molecule has 3 N–H and O–H groups in total. The SMILES string of the molecule is C[C@@](N)(CC(=O)O)c1ccccc1. The highest BCUT2D eigenvalue weighted by Crippen LogP contribution is 2.20. The van der Waals surface area contributed by atoms with E-state index in [4.69, 9.17) is 10.8 Å². The first-order valence-electron chi connectivity index (χ1n) is 4.08. The van der Waals surface area contributed by atoms with E-state index in [1.807, 2.05) is 30.3 Å². The molecule has 0 fully saturated rings. The minimum atomic E-state index is -0.881. The summed E-state index contributed by atoms with van der Waals surface area (Å²) in [5.41, 5.74) is 5.92. The van der Waals surface area contributed by atoms with Crippen molar-refractivity contribution in [2.45, 2.75) is 18.9 Å². The Hall–Kier alpha value is -1.35. The van der Waals surface area contributed by atoms with Gasteiger partial charge in [-0.3, -0.25) is 4.79 Å². The molecule has 13 heavy (non-hydrogen) atoms. The molecule has 0 aliphatic rings. The van der Waals surface area contributed by atoms with Gasteiger partial charge in [0.15, 0.2) is 0 Å². The summed E-state index contributed by atoms with van der Waals surface area (Å²) in [6.07, 6.45) is -0.0585. The Morgan fingerprint density at radius 3 is 2.46 bits per heavy atom. The maximum Gasteiger partial charge on any atom is 0.305 e. The number of benzene rings is 1. The molecule has 0 radical (unpaired) electrons. The van der Waals surface area contributed by atoms with Crippen LogP contribution in [0.25, 0.3) is 0 Å². The third kappa shape index (κ3) is 2.56. The molecule has 0 unspecified atom stereocenters. The predicted octanol–water partition coefficient (Wildman–Crippen LogP) is 1.34. The first kappa shape index (κ1) is 9.74. The molecular weight excluding hydrogens is 166 g/mol. The van der Waals surface area contributed by atoms with Crippen molar-refractivity contribution in [2.24, 2.45) is 5.73 Å². The Bertz CT molecular complexity index is 293. The Balaban J connectivity index is 2.87. The zero-order valence-corrected chi connectivity index (χ0v) is 7.53. The summed E-state index contributed by atoms with van der Waals surface area (Å²) < 4.78 is 0. The zero-order chi connectivity index (χ0) is 9.90. The van der Waals surface area contributed by atoms with Gasteiger partial charge in [-0.25, -0.2) is 0 Å². The number of carbonyl (C=O) groups is 1. The zero-order valence-electron chi connectivity index (χ0n) is 7.53. The summed E-state index contributed by atoms with van der Waals surface area (Å²) in [5, 5.41) is 8.63. The van der Waals surface area contributed by atoms with Gasteiger partial charge in [-0.1, -0.05) is 30.3 Å². The summed E-state index contributed by atoms with van der Waals surface area (Å²) in [4.78, 5) is 10.5. The van der Waals surface area contributed by atoms with E-state index in [-0.39, 0.29) is 6.42 Å². The Labute approximate surface area is 77.2 Å². The fourth-order valence-corrected chi connectivity index (χ4v) is 1.24. The molecule has 0 aromatic heterocycles. The third-order valence-corrected chi connectivity index (χ3v) is 1.95. The van der Waals surface area contributed by atoms with Crippen LogP contribution in [0, 0.1) is 0 Å². The van der Waals surface area contributed by atoms with Crippen LogP contribution in [0.1, 0.15) is 18.9 Å². The van der Waals surface area contributed by atoms with Crippen molar-refractivity contribution in [3.05, 3.63) is 35.9 Å². The minimum absolute atomic E-state index is 0.0585. The fraction of sp³-hybridized carbons (Fsp3) is 0.300. The number of carboxylic acids is 1. The summed E-state index contributed by atoms with van der Waals surface area (Å²) >= 11 is 0. The van der Waals surface area contributed by atoms with E-state index in [1.54, 1.807) is 6.92 Å². The standard InChI is InChI=1S/C10H13NO2/c1-10(11,7-9(12)13)8-5-3-2-4-6-8/h2-6H,7,11H2,1H3,(H,12,13)/t10-/m1/s1. The van der Waals surface area contributed by atoms with Gasteiger partial charge < -0.3 is 10.8 Å². The third-order valence-electron chi connectivity index (χ3n) is 1.95. The first-order chi connectivity index (χ1) is 6.02. The van der Waals surface area contributed by atoms with Crippen molar-refractivity contribution in [3.63, 3.8) is 0 Å². The molecule has 0 aliphatic heterocycles. The van der Waals surface area contributed by atoms with Crippen LogP contribution in [-0.2, 0) is 10.3 Å². The highest BCUT2D eigenvalue weighted by Gasteiger charge is 2.23. The van der Waals surface area contributed by atoms with Gasteiger partial charge in [0, 0.05) is 5.54 Å². The van der Waals surface area contributed by atoms with Gasteiger partial charge in [0.05, 0.1) is 6.42 Å². The Morgan fingerprint density at radius 2 is 2.00 bits per heavy atom. The predicted molar refractivity (Wildman–Crippen MR) is 50.2 cm³/mol. The van der Waals surface area contributed by atoms with Crippen molar-refractivity contribution >= 4 is 5.97 Å². The average Bonchev–Trinajstić information content (AvgIpc) is 2.04. The van der Waals surface area contributed by atoms with E-state index in [0.717, 1.165) is 5.56 Å². The van der Waals surface area contributed by atoms with Crippen molar-refractivity contribution in [1.82, 2.24) is 0 Å². The van der Waals surface area contributed by atoms with E-state index in [1.165, 1.54) is 0 Å². The maximum absolute atomic E-state index is 10.5. The van der Waals surface area contributed by atoms with Crippen LogP contribution < -0.4 is 5.73 Å². The maximum atomic E-state index is 10.5. The molecule has 0 saturated carbocycles. The van der Waals surface area contributed by atoms with E-state index in [9.17, 15) is 4.79 Å². The number of hydrogen-bond donors (Lipinski definition) is 2. The second-order valence-electron chi connectivity index (χ2n) is 3.35. The lowest BCUT2D eigenvalue weighted by molar-refractivity contribution is -0.138. The van der Waals surface area contributed by atoms with Gasteiger partial charge in [-0.15, -0.1) is 0 Å². The summed E-state index contributed by atoms with van der Waals surface area (Å²) in [5.74, 6) is -0.881. The Morgan fingerprint density at radius 1 is 1.46 bits per heavy atom. The average molecular weight is 179 g/mol. The lowest BCUT2D eigenvalue weighted by Gasteiger charge is -2.22. The van der Waals surface area contributed by atoms with Crippen molar-refractivity contribution < 1.29 is 9.90 Å². The normalized spacial score (nSPS) is 14.9. The molecule has 0 amide bonds. The van der Waals surface area contributed by atoms with Crippen LogP contribution >= 0.6 is 0 Å². The number of rotatable bonds is 3. The van der Waals surface area contributed by atoms with E-state index >= 15 is 0 Å². The minimum Gasteiger partial charge on any atom is -0.481 e. The van der Waals surface area contributed by atoms with Crippen molar-refractivity contribution in [3.8, 4) is 0 Å². The van der Waals surface area contributed by atoms with Gasteiger partial charge in [0.1, 0.15) is 0 Å². The molecular formula is C10H13NO2. The molecule has 1 aromatic carbocycles. The van der Waals surface area contributed by atoms with Crippen LogP contribution in [0.15, 0.2) is 30.3 Å². The quantitative estimate of drug-likeness (QED) is 0.735. The number of nitrogens with two attached hydrogens (primary N) is 1. The van der Waals surface area contributed by atoms with Gasteiger partial charge in [0.25, 0.3) is 0 Å². The van der Waals surface area contributed by atoms with Crippen molar-refractivity contribution in [2.75, 3.05) is 0 Å². The Kier molecular flexibility index (Phi) is 2.68. The van der Waals surface area contributed by atoms with Crippen LogP contribution in [0.2, 0.25) is 0 Å². The molecule has 3 nitrogen and oxygen atoms in total. The molecule has 0 saturated heterocycles. The van der Waals surface area contributed by atoms with E-state index in [2.05, 4.69) is 0 Å². The van der Waals surface area contributed by atoms with Crippen LogP contribution in [0.5, 0.6) is 0 Å². The van der Waals surface area contributed by atoms with Crippen molar-refractivity contribution in [1.29, 1.82) is 0 Å². The molecule has 3 heteroatoms. The van der Waals surface area contributed by atoms with Crippen LogP contribution in [-0.4, -0.2) is 11.1 Å². The fourth-order valence-electron chi connectivity index (χ4n) is 1.24. The van der Waals surface area contributed by atoms with Gasteiger partial charge in [-0.05, 0) is 12.5 Å². The lowest BCUT2D eigenvalue weighted by Crippen LogP contribution is -2.35. The second kappa shape index (κ2) is 3.58. The van der Waals surface area contributed by atoms with Gasteiger partial charge in [-0.2, -0.15) is 0 Å². The number of hydrogen-bond acceptors (Lipinski definition) is 2. The largest absolute Gasteiger partial charge is 0.481 e. The number of aliphatic carboxylic acids is 1. The first-order valence-corrected chi connectivity index (χ1v) is 4.08. The molecule has 0 spiro atoms. The molecule has 70 valence electrons. The molecule has 0 aliphatic carbocycles. The summed E-state index contributed by atoms with van der Waals surface area (Å²) in [6, 6.07) is 9.25. The van der Waals surface area contributed by atoms with E-state index in [0.29, 0.717) is 0 Å². The molecule has 1 rings (SSSR count). The molecule has 1 aromatic rings. The molecule has 0 bridgehead atoms. The van der Waals surface area contributed by atoms with Gasteiger partial charge >= 0.3 is 5.97 Å². The van der Waals surface area contributed by atoms with Crippen LogP contribution in [0.3, 0.4) is 0 Å².